The molecule has 31 heavy (non-hydrogen) atoms. The Bertz CT molecular complexity index is 872. The number of piperidine rings is 1. The van der Waals surface area contributed by atoms with Crippen LogP contribution in [0.1, 0.15) is 44.2 Å². The van der Waals surface area contributed by atoms with Crippen LogP contribution in [0.5, 0.6) is 0 Å². The van der Waals surface area contributed by atoms with Gasteiger partial charge in [0.25, 0.3) is 0 Å². The van der Waals surface area contributed by atoms with Crippen LogP contribution in [0.4, 0.5) is 5.69 Å². The van der Waals surface area contributed by atoms with E-state index in [2.05, 4.69) is 83.2 Å². The first-order valence-corrected chi connectivity index (χ1v) is 12.1. The summed E-state index contributed by atoms with van der Waals surface area (Å²) >= 11 is 0. The lowest BCUT2D eigenvalue weighted by Gasteiger charge is -2.40. The molecule has 0 aromatic heterocycles. The maximum Gasteiger partial charge on any atom is 0.0367 e. The van der Waals surface area contributed by atoms with Crippen LogP contribution in [0.2, 0.25) is 0 Å². The minimum absolute atomic E-state index is 0.452. The van der Waals surface area contributed by atoms with Crippen molar-refractivity contribution in [1.82, 2.24) is 10.2 Å². The fourth-order valence-electron chi connectivity index (χ4n) is 5.23. The zero-order chi connectivity index (χ0) is 21.7. The molecule has 0 unspecified atom stereocenters. The van der Waals surface area contributed by atoms with Crippen molar-refractivity contribution in [3.05, 3.63) is 77.7 Å². The SMILES string of the molecule is CC.CN1CCN(c2ccccc2)CC1.[CH]1C2=C1c1ccccc1C1(CCNCC1)C2. The predicted molar refractivity (Wildman–Crippen MR) is 134 cm³/mol. The summed E-state index contributed by atoms with van der Waals surface area (Å²) in [5.41, 5.74) is 8.11. The number of rotatable bonds is 1. The quantitative estimate of drug-likeness (QED) is 0.694. The second-order valence-corrected chi connectivity index (χ2v) is 8.96. The summed E-state index contributed by atoms with van der Waals surface area (Å²) in [6.45, 7) is 11.0. The van der Waals surface area contributed by atoms with Crippen molar-refractivity contribution < 1.29 is 0 Å². The maximum absolute atomic E-state index is 3.49. The Hall–Kier alpha value is -2.10. The number of para-hydroxylation sites is 1. The highest BCUT2D eigenvalue weighted by Gasteiger charge is 2.44. The third kappa shape index (κ3) is 4.88. The number of hydrogen-bond donors (Lipinski definition) is 1. The molecule has 0 amide bonds. The number of nitrogens with one attached hydrogen (secondary N) is 1. The molecule has 3 heteroatoms. The topological polar surface area (TPSA) is 18.5 Å². The largest absolute Gasteiger partial charge is 0.369 e. The van der Waals surface area contributed by atoms with E-state index in [9.17, 15) is 0 Å². The van der Waals surface area contributed by atoms with Crippen LogP contribution in [-0.2, 0) is 5.41 Å². The minimum atomic E-state index is 0.452. The number of allylic oxidation sites excluding steroid dienone is 2. The number of benzene rings is 2. The van der Waals surface area contributed by atoms with Crippen LogP contribution in [0.25, 0.3) is 5.57 Å². The standard InChI is InChI=1S/C15H16N.C11H16N2.C2H6/c1-2-4-14-12(3-1)13-9-11(13)10-15(14)5-7-16-8-6-15;1-12-7-9-13(10-8-12)11-5-3-2-4-6-11;1-2/h1-4,9,16H,5-8,10H2;2-6H,7-10H2,1H3;1-2H3. The second-order valence-electron chi connectivity index (χ2n) is 8.96. The van der Waals surface area contributed by atoms with Crippen molar-refractivity contribution in [1.29, 1.82) is 0 Å². The van der Waals surface area contributed by atoms with E-state index in [4.69, 9.17) is 0 Å². The molecule has 2 aromatic carbocycles. The van der Waals surface area contributed by atoms with Crippen molar-refractivity contribution in [3.8, 4) is 0 Å². The Morgan fingerprint density at radius 3 is 2.16 bits per heavy atom. The van der Waals surface area contributed by atoms with Gasteiger partial charge in [-0.15, -0.1) is 0 Å². The molecule has 6 rings (SSSR count). The van der Waals surface area contributed by atoms with Crippen LogP contribution in [0.3, 0.4) is 0 Å². The van der Waals surface area contributed by atoms with Crippen LogP contribution < -0.4 is 10.2 Å². The number of hydrogen-bond acceptors (Lipinski definition) is 3. The van der Waals surface area contributed by atoms with E-state index in [0.717, 1.165) is 13.1 Å². The first-order chi connectivity index (χ1) is 15.3. The van der Waals surface area contributed by atoms with Crippen LogP contribution >= 0.6 is 0 Å². The fraction of sp³-hybridized carbons (Fsp3) is 0.464. The molecule has 2 aliphatic carbocycles. The molecular formula is C28H38N3. The van der Waals surface area contributed by atoms with E-state index in [0.29, 0.717) is 5.41 Å². The summed E-state index contributed by atoms with van der Waals surface area (Å²) in [5, 5.41) is 3.49. The van der Waals surface area contributed by atoms with Gasteiger partial charge in [-0.05, 0) is 68.2 Å². The molecule has 2 aliphatic heterocycles. The van der Waals surface area contributed by atoms with E-state index in [1.807, 2.05) is 13.8 Å². The van der Waals surface area contributed by atoms with Gasteiger partial charge in [-0.3, -0.25) is 0 Å². The van der Waals surface area contributed by atoms with E-state index in [-0.39, 0.29) is 0 Å². The molecule has 3 nitrogen and oxygen atoms in total. The lowest BCUT2D eigenvalue weighted by Crippen LogP contribution is -2.44. The molecule has 0 bridgehead atoms. The zero-order valence-corrected chi connectivity index (χ0v) is 19.5. The molecule has 2 saturated heterocycles. The summed E-state index contributed by atoms with van der Waals surface area (Å²) in [5.74, 6) is 0. The second kappa shape index (κ2) is 10.0. The van der Waals surface area contributed by atoms with Gasteiger partial charge in [-0.2, -0.15) is 0 Å². The Kier molecular flexibility index (Phi) is 7.14. The molecule has 0 saturated carbocycles. The molecule has 165 valence electrons. The summed E-state index contributed by atoms with van der Waals surface area (Å²) in [6.07, 6.45) is 6.28. The molecule has 1 N–H and O–H groups in total. The maximum atomic E-state index is 3.49. The average molecular weight is 417 g/mol. The number of likely N-dealkylation sites (N-methyl/N-ethyl adjacent to an activating group) is 1. The molecule has 2 heterocycles. The van der Waals surface area contributed by atoms with Crippen molar-refractivity contribution in [3.63, 3.8) is 0 Å². The van der Waals surface area contributed by atoms with Gasteiger partial charge in [0.2, 0.25) is 0 Å². The van der Waals surface area contributed by atoms with Gasteiger partial charge in [0.05, 0.1) is 0 Å². The van der Waals surface area contributed by atoms with Crippen molar-refractivity contribution >= 4 is 11.3 Å². The highest BCUT2D eigenvalue weighted by atomic mass is 15.2. The molecule has 2 aromatic rings. The Morgan fingerprint density at radius 1 is 0.806 bits per heavy atom. The summed E-state index contributed by atoms with van der Waals surface area (Å²) in [6, 6.07) is 19.7. The van der Waals surface area contributed by atoms with Gasteiger partial charge in [-0.1, -0.05) is 61.9 Å². The van der Waals surface area contributed by atoms with Crippen molar-refractivity contribution in [2.24, 2.45) is 0 Å². The van der Waals surface area contributed by atoms with Gasteiger partial charge in [0, 0.05) is 43.7 Å². The highest BCUT2D eigenvalue weighted by molar-refractivity contribution is 5.96. The molecule has 1 spiro atoms. The third-order valence-electron chi connectivity index (χ3n) is 7.08. The van der Waals surface area contributed by atoms with Crippen LogP contribution in [0, 0.1) is 6.42 Å². The highest BCUT2D eigenvalue weighted by Crippen LogP contribution is 2.56. The van der Waals surface area contributed by atoms with Gasteiger partial charge in [0.15, 0.2) is 0 Å². The van der Waals surface area contributed by atoms with Crippen LogP contribution in [-0.4, -0.2) is 51.2 Å². The first-order valence-electron chi connectivity index (χ1n) is 12.1. The van der Waals surface area contributed by atoms with Gasteiger partial charge < -0.3 is 15.1 Å². The number of anilines is 1. The normalized spacial score (nSPS) is 21.2. The lowest BCUT2D eigenvalue weighted by atomic mass is 9.67. The molecule has 2 fully saturated rings. The molecule has 1 radical (unpaired) electrons. The third-order valence-corrected chi connectivity index (χ3v) is 7.08. The minimum Gasteiger partial charge on any atom is -0.369 e. The average Bonchev–Trinajstić information content (AvgIpc) is 3.62. The Balaban J connectivity index is 0.000000141. The zero-order valence-electron chi connectivity index (χ0n) is 19.5. The predicted octanol–water partition coefficient (Wildman–Crippen LogP) is 5.15. The first kappa shape index (κ1) is 22.1. The summed E-state index contributed by atoms with van der Waals surface area (Å²) in [7, 11) is 2.18. The molecule has 0 atom stereocenters. The van der Waals surface area contributed by atoms with Crippen molar-refractivity contribution in [2.45, 2.75) is 38.5 Å². The number of piperazine rings is 1. The fourth-order valence-corrected chi connectivity index (χ4v) is 5.23. The van der Waals surface area contributed by atoms with Crippen molar-refractivity contribution in [2.75, 3.05) is 51.2 Å². The number of nitrogens with zero attached hydrogens (tertiary/aromatic N) is 2. The van der Waals surface area contributed by atoms with E-state index in [1.54, 1.807) is 16.7 Å². The van der Waals surface area contributed by atoms with Gasteiger partial charge >= 0.3 is 0 Å². The van der Waals surface area contributed by atoms with E-state index in [1.165, 1.54) is 56.7 Å². The van der Waals surface area contributed by atoms with E-state index >= 15 is 0 Å². The monoisotopic (exact) mass is 416 g/mol. The molecular weight excluding hydrogens is 378 g/mol. The number of fused-ring (bicyclic) bond motifs is 3. The lowest BCUT2D eigenvalue weighted by molar-refractivity contribution is 0.306. The van der Waals surface area contributed by atoms with Crippen LogP contribution in [0.15, 0.2) is 60.2 Å². The van der Waals surface area contributed by atoms with Gasteiger partial charge in [-0.25, -0.2) is 0 Å². The van der Waals surface area contributed by atoms with Gasteiger partial charge in [0.1, 0.15) is 0 Å². The summed E-state index contributed by atoms with van der Waals surface area (Å²) in [4.78, 5) is 4.82. The molecule has 4 aliphatic rings. The van der Waals surface area contributed by atoms with E-state index < -0.39 is 0 Å². The Morgan fingerprint density at radius 2 is 1.45 bits per heavy atom. The Labute approximate surface area is 189 Å². The summed E-state index contributed by atoms with van der Waals surface area (Å²) < 4.78 is 0. The smallest absolute Gasteiger partial charge is 0.0367 e.